The molecule has 4 heteroatoms. The quantitative estimate of drug-likeness (QED) is 0.873. The largest absolute Gasteiger partial charge is 0.496 e. The van der Waals surface area contributed by atoms with Gasteiger partial charge in [0.25, 0.3) is 0 Å². The Morgan fingerprint density at radius 1 is 1.44 bits per heavy atom. The van der Waals surface area contributed by atoms with Crippen LogP contribution in [0.1, 0.15) is 24.8 Å². The molecule has 0 bridgehead atoms. The van der Waals surface area contributed by atoms with Crippen molar-refractivity contribution in [1.29, 1.82) is 0 Å². The van der Waals surface area contributed by atoms with Crippen molar-refractivity contribution in [1.82, 2.24) is 4.98 Å². The number of aromatic nitrogens is 1. The molecule has 0 amide bonds. The lowest BCUT2D eigenvalue weighted by atomic mass is 9.64. The van der Waals surface area contributed by atoms with E-state index in [9.17, 15) is 9.90 Å². The van der Waals surface area contributed by atoms with Crippen molar-refractivity contribution in [3.63, 3.8) is 0 Å². The molecule has 1 aromatic heterocycles. The second-order valence-corrected chi connectivity index (χ2v) is 4.86. The molecule has 1 aromatic carbocycles. The Hall–Kier alpha value is -1.97. The minimum atomic E-state index is -0.759. The number of carbonyl (C=O) groups is 1. The Labute approximate surface area is 105 Å². The molecule has 4 nitrogen and oxygen atoms in total. The first-order valence-electron chi connectivity index (χ1n) is 6.06. The molecule has 0 radical (unpaired) electrons. The summed E-state index contributed by atoms with van der Waals surface area (Å²) in [5.74, 6) is -0.0813. The normalized spacial score (nSPS) is 17.4. The van der Waals surface area contributed by atoms with Crippen LogP contribution >= 0.6 is 0 Å². The van der Waals surface area contributed by atoms with E-state index in [0.29, 0.717) is 18.6 Å². The van der Waals surface area contributed by atoms with E-state index in [4.69, 9.17) is 4.74 Å². The SMILES string of the molecule is COc1cc2cc[nH]c2cc1C1(C(=O)O)CCC1. The van der Waals surface area contributed by atoms with Crippen LogP contribution in [0.3, 0.4) is 0 Å². The van der Waals surface area contributed by atoms with Gasteiger partial charge in [-0.1, -0.05) is 6.42 Å². The number of H-pyrrole nitrogens is 1. The van der Waals surface area contributed by atoms with Gasteiger partial charge in [0.1, 0.15) is 5.75 Å². The van der Waals surface area contributed by atoms with E-state index in [1.165, 1.54) is 0 Å². The summed E-state index contributed by atoms with van der Waals surface area (Å²) in [5, 5.41) is 10.6. The Bertz CT molecular complexity index is 611. The molecule has 1 aliphatic rings. The van der Waals surface area contributed by atoms with Crippen molar-refractivity contribution in [3.05, 3.63) is 30.0 Å². The predicted molar refractivity (Wildman–Crippen MR) is 68.0 cm³/mol. The van der Waals surface area contributed by atoms with Crippen molar-refractivity contribution in [2.75, 3.05) is 7.11 Å². The molecular weight excluding hydrogens is 230 g/mol. The molecule has 0 spiro atoms. The van der Waals surface area contributed by atoms with E-state index in [-0.39, 0.29) is 0 Å². The molecule has 2 aromatic rings. The van der Waals surface area contributed by atoms with Crippen LogP contribution < -0.4 is 4.74 Å². The first-order valence-corrected chi connectivity index (χ1v) is 6.06. The van der Waals surface area contributed by atoms with Crippen molar-refractivity contribution in [2.45, 2.75) is 24.7 Å². The Morgan fingerprint density at radius 2 is 2.22 bits per heavy atom. The Morgan fingerprint density at radius 3 is 2.78 bits per heavy atom. The van der Waals surface area contributed by atoms with Gasteiger partial charge in [0.2, 0.25) is 0 Å². The van der Waals surface area contributed by atoms with E-state index in [0.717, 1.165) is 22.9 Å². The molecule has 3 rings (SSSR count). The van der Waals surface area contributed by atoms with E-state index in [1.807, 2.05) is 24.4 Å². The number of rotatable bonds is 3. The lowest BCUT2D eigenvalue weighted by Gasteiger charge is -2.38. The van der Waals surface area contributed by atoms with Crippen LogP contribution in [0.15, 0.2) is 24.4 Å². The van der Waals surface area contributed by atoms with Crippen LogP contribution in [-0.2, 0) is 10.2 Å². The number of hydrogen-bond acceptors (Lipinski definition) is 2. The minimum Gasteiger partial charge on any atom is -0.496 e. The maximum Gasteiger partial charge on any atom is 0.314 e. The number of hydrogen-bond donors (Lipinski definition) is 2. The number of aliphatic carboxylic acids is 1. The monoisotopic (exact) mass is 245 g/mol. The average molecular weight is 245 g/mol. The van der Waals surface area contributed by atoms with Gasteiger partial charge in [-0.15, -0.1) is 0 Å². The van der Waals surface area contributed by atoms with Crippen molar-refractivity contribution in [2.24, 2.45) is 0 Å². The second-order valence-electron chi connectivity index (χ2n) is 4.86. The number of methoxy groups -OCH3 is 1. The van der Waals surface area contributed by atoms with Crippen LogP contribution in [0, 0.1) is 0 Å². The number of carboxylic acids is 1. The number of carboxylic acid groups (broad SMARTS) is 1. The fourth-order valence-corrected chi connectivity index (χ4v) is 2.75. The summed E-state index contributed by atoms with van der Waals surface area (Å²) in [4.78, 5) is 14.7. The second kappa shape index (κ2) is 3.77. The molecule has 0 unspecified atom stereocenters. The maximum atomic E-state index is 11.6. The highest BCUT2D eigenvalue weighted by Crippen LogP contribution is 2.48. The minimum absolute atomic E-state index is 0.671. The zero-order valence-corrected chi connectivity index (χ0v) is 10.2. The van der Waals surface area contributed by atoms with Crippen molar-refractivity contribution in [3.8, 4) is 5.75 Å². The lowest BCUT2D eigenvalue weighted by molar-refractivity contribution is -0.147. The summed E-state index contributed by atoms with van der Waals surface area (Å²) < 4.78 is 5.38. The zero-order chi connectivity index (χ0) is 12.8. The molecule has 0 atom stereocenters. The topological polar surface area (TPSA) is 62.3 Å². The molecule has 1 heterocycles. The van der Waals surface area contributed by atoms with E-state index < -0.39 is 11.4 Å². The van der Waals surface area contributed by atoms with Crippen molar-refractivity contribution >= 4 is 16.9 Å². The van der Waals surface area contributed by atoms with Gasteiger partial charge in [0, 0.05) is 22.7 Å². The molecule has 1 aliphatic carbocycles. The van der Waals surface area contributed by atoms with Crippen LogP contribution in [0.5, 0.6) is 5.75 Å². The van der Waals surface area contributed by atoms with Gasteiger partial charge in [-0.3, -0.25) is 4.79 Å². The van der Waals surface area contributed by atoms with Crippen molar-refractivity contribution < 1.29 is 14.6 Å². The Balaban J connectivity index is 2.23. The van der Waals surface area contributed by atoms with E-state index in [1.54, 1.807) is 7.11 Å². The highest BCUT2D eigenvalue weighted by molar-refractivity contribution is 5.88. The molecule has 18 heavy (non-hydrogen) atoms. The molecular formula is C14H15NO3. The summed E-state index contributed by atoms with van der Waals surface area (Å²) in [7, 11) is 1.59. The summed E-state index contributed by atoms with van der Waals surface area (Å²) in [6, 6.07) is 5.78. The first-order chi connectivity index (χ1) is 8.67. The highest BCUT2D eigenvalue weighted by atomic mass is 16.5. The number of aromatic amines is 1. The van der Waals surface area contributed by atoms with Crippen LogP contribution in [-0.4, -0.2) is 23.2 Å². The zero-order valence-electron chi connectivity index (χ0n) is 10.2. The van der Waals surface area contributed by atoms with Gasteiger partial charge in [-0.2, -0.15) is 0 Å². The number of fused-ring (bicyclic) bond motifs is 1. The van der Waals surface area contributed by atoms with Gasteiger partial charge in [0.15, 0.2) is 0 Å². The third kappa shape index (κ3) is 1.35. The fraction of sp³-hybridized carbons (Fsp3) is 0.357. The number of nitrogens with one attached hydrogen (secondary N) is 1. The third-order valence-electron chi connectivity index (χ3n) is 4.01. The van der Waals surface area contributed by atoms with E-state index in [2.05, 4.69) is 4.98 Å². The standard InChI is InChI=1S/C14H15NO3/c1-18-12-7-9-3-6-15-11(9)8-10(12)14(13(16)17)4-2-5-14/h3,6-8,15H,2,4-5H2,1H3,(H,16,17). The molecule has 1 saturated carbocycles. The summed E-state index contributed by atoms with van der Waals surface area (Å²) in [6.45, 7) is 0. The molecule has 94 valence electrons. The number of ether oxygens (including phenoxy) is 1. The van der Waals surface area contributed by atoms with Crippen LogP contribution in [0.25, 0.3) is 10.9 Å². The molecule has 1 fully saturated rings. The molecule has 0 saturated heterocycles. The van der Waals surface area contributed by atoms with Crippen LogP contribution in [0.2, 0.25) is 0 Å². The Kier molecular flexibility index (Phi) is 2.33. The predicted octanol–water partition coefficient (Wildman–Crippen LogP) is 2.68. The third-order valence-corrected chi connectivity index (χ3v) is 4.01. The van der Waals surface area contributed by atoms with Gasteiger partial charge in [-0.25, -0.2) is 0 Å². The summed E-state index contributed by atoms with van der Waals surface area (Å²) in [5.41, 5.74) is 0.988. The highest BCUT2D eigenvalue weighted by Gasteiger charge is 2.47. The smallest absolute Gasteiger partial charge is 0.314 e. The molecule has 0 aliphatic heterocycles. The van der Waals surface area contributed by atoms with Gasteiger partial charge in [0.05, 0.1) is 12.5 Å². The van der Waals surface area contributed by atoms with Gasteiger partial charge in [-0.05, 0) is 31.0 Å². The molecule has 2 N–H and O–H groups in total. The first kappa shape index (κ1) is 11.1. The van der Waals surface area contributed by atoms with Crippen LogP contribution in [0.4, 0.5) is 0 Å². The average Bonchev–Trinajstić information content (AvgIpc) is 2.72. The lowest BCUT2D eigenvalue weighted by Crippen LogP contribution is -2.42. The number of benzene rings is 1. The van der Waals surface area contributed by atoms with E-state index >= 15 is 0 Å². The fourth-order valence-electron chi connectivity index (χ4n) is 2.75. The summed E-state index contributed by atoms with van der Waals surface area (Å²) >= 11 is 0. The van der Waals surface area contributed by atoms with Gasteiger partial charge >= 0.3 is 5.97 Å². The van der Waals surface area contributed by atoms with Gasteiger partial charge < -0.3 is 14.8 Å². The summed E-state index contributed by atoms with van der Waals surface area (Å²) in [6.07, 6.45) is 4.18. The maximum absolute atomic E-state index is 11.6.